The number of para-hydroxylation sites is 2. The molecule has 1 atom stereocenters. The Morgan fingerprint density at radius 2 is 1.94 bits per heavy atom. The second-order valence-electron chi connectivity index (χ2n) is 6.77. The molecule has 0 bridgehead atoms. The van der Waals surface area contributed by atoms with Gasteiger partial charge in [-0.05, 0) is 31.2 Å². The van der Waals surface area contributed by atoms with Gasteiger partial charge < -0.3 is 10.1 Å². The van der Waals surface area contributed by atoms with E-state index in [4.69, 9.17) is 4.74 Å². The van der Waals surface area contributed by atoms with Gasteiger partial charge >= 0.3 is 6.03 Å². The minimum atomic E-state index is -0.559. The summed E-state index contributed by atoms with van der Waals surface area (Å²) in [5, 5.41) is 11.0. The normalized spacial score (nSPS) is 14.4. The van der Waals surface area contributed by atoms with Gasteiger partial charge in [-0.3, -0.25) is 14.3 Å². The molecule has 1 fully saturated rings. The Balaban J connectivity index is 1.58. The number of carbonyl (C=O) groups is 2. The largest absolute Gasteiger partial charge is 0.483 e. The van der Waals surface area contributed by atoms with Crippen molar-refractivity contribution in [3.63, 3.8) is 0 Å². The van der Waals surface area contributed by atoms with Crippen molar-refractivity contribution in [2.45, 2.75) is 23.9 Å². The summed E-state index contributed by atoms with van der Waals surface area (Å²) in [6.07, 6.45) is 0. The maximum absolute atomic E-state index is 13.9. The van der Waals surface area contributed by atoms with Gasteiger partial charge in [0.2, 0.25) is 5.91 Å². The first kappa shape index (κ1) is 20.9. The molecule has 2 heterocycles. The van der Waals surface area contributed by atoms with E-state index >= 15 is 0 Å². The summed E-state index contributed by atoms with van der Waals surface area (Å²) >= 11 is 1.20. The fraction of sp³-hybridized carbons (Fsp3) is 0.238. The topological polar surface area (TPSA) is 89.3 Å². The van der Waals surface area contributed by atoms with Crippen LogP contribution < -0.4 is 10.1 Å². The summed E-state index contributed by atoms with van der Waals surface area (Å²) in [5.41, 5.74) is 0.778. The number of halogens is 1. The smallest absolute Gasteiger partial charge is 0.324 e. The van der Waals surface area contributed by atoms with Gasteiger partial charge in [-0.25, -0.2) is 9.18 Å². The number of thioether (sulfide) groups is 1. The monoisotopic (exact) mass is 441 g/mol. The minimum Gasteiger partial charge on any atom is -0.483 e. The van der Waals surface area contributed by atoms with Crippen LogP contribution in [-0.4, -0.2) is 49.9 Å². The van der Waals surface area contributed by atoms with Crippen molar-refractivity contribution in [3.8, 4) is 11.4 Å². The average molecular weight is 441 g/mol. The molecule has 0 saturated carbocycles. The zero-order chi connectivity index (χ0) is 21.8. The predicted octanol–water partition coefficient (Wildman–Crippen LogP) is 3.02. The number of amides is 3. The Bertz CT molecular complexity index is 1090. The molecule has 1 N–H and O–H groups in total. The zero-order valence-corrected chi connectivity index (χ0v) is 17.5. The van der Waals surface area contributed by atoms with Crippen molar-refractivity contribution in [1.29, 1.82) is 0 Å². The summed E-state index contributed by atoms with van der Waals surface area (Å²) in [5.74, 6) is -0.198. The van der Waals surface area contributed by atoms with Crippen LogP contribution in [0.15, 0.2) is 59.8 Å². The number of rotatable bonds is 7. The molecule has 1 aliphatic rings. The van der Waals surface area contributed by atoms with Crippen molar-refractivity contribution in [3.05, 3.63) is 66.2 Å². The van der Waals surface area contributed by atoms with Crippen molar-refractivity contribution < 1.29 is 18.7 Å². The third-order valence-electron chi connectivity index (χ3n) is 4.66. The molecule has 1 aromatic heterocycles. The Morgan fingerprint density at radius 1 is 1.19 bits per heavy atom. The van der Waals surface area contributed by atoms with Crippen LogP contribution in [0.3, 0.4) is 0 Å². The highest BCUT2D eigenvalue weighted by Crippen LogP contribution is 2.28. The highest BCUT2D eigenvalue weighted by molar-refractivity contribution is 8.00. The molecular formula is C21H20FN5O3S. The number of nitrogens with zero attached hydrogens (tertiary/aromatic N) is 4. The van der Waals surface area contributed by atoms with E-state index in [1.54, 1.807) is 23.6 Å². The third-order valence-corrected chi connectivity index (χ3v) is 5.69. The molecule has 1 unspecified atom stereocenters. The van der Waals surface area contributed by atoms with Crippen LogP contribution in [0.4, 0.5) is 9.18 Å². The Labute approximate surface area is 182 Å². The van der Waals surface area contributed by atoms with Gasteiger partial charge in [-0.1, -0.05) is 42.1 Å². The molecule has 160 valence electrons. The molecule has 0 spiro atoms. The van der Waals surface area contributed by atoms with Crippen molar-refractivity contribution in [1.82, 2.24) is 25.0 Å². The molecule has 1 aliphatic heterocycles. The lowest BCUT2D eigenvalue weighted by molar-refractivity contribution is -0.126. The van der Waals surface area contributed by atoms with Crippen molar-refractivity contribution >= 4 is 23.7 Å². The number of aromatic nitrogens is 3. The number of imide groups is 1. The summed E-state index contributed by atoms with van der Waals surface area (Å²) < 4.78 is 21.3. The molecule has 3 amide bonds. The van der Waals surface area contributed by atoms with E-state index in [1.165, 1.54) is 28.8 Å². The van der Waals surface area contributed by atoms with E-state index in [0.717, 1.165) is 5.69 Å². The zero-order valence-electron chi connectivity index (χ0n) is 16.7. The van der Waals surface area contributed by atoms with E-state index < -0.39 is 11.1 Å². The van der Waals surface area contributed by atoms with E-state index in [2.05, 4.69) is 15.5 Å². The summed E-state index contributed by atoms with van der Waals surface area (Å²) in [6, 6.07) is 15.1. The first-order valence-corrected chi connectivity index (χ1v) is 10.6. The molecule has 10 heteroatoms. The van der Waals surface area contributed by atoms with Gasteiger partial charge in [0.15, 0.2) is 22.5 Å². The van der Waals surface area contributed by atoms with Crippen molar-refractivity contribution in [2.24, 2.45) is 0 Å². The predicted molar refractivity (Wildman–Crippen MR) is 113 cm³/mol. The van der Waals surface area contributed by atoms with E-state index in [-0.39, 0.29) is 24.3 Å². The van der Waals surface area contributed by atoms with Crippen LogP contribution >= 0.6 is 11.8 Å². The first-order valence-electron chi connectivity index (χ1n) is 9.67. The lowest BCUT2D eigenvalue weighted by Crippen LogP contribution is -2.39. The van der Waals surface area contributed by atoms with E-state index in [9.17, 15) is 14.0 Å². The second kappa shape index (κ2) is 9.17. The molecule has 4 rings (SSSR count). The van der Waals surface area contributed by atoms with Crippen LogP contribution in [0.1, 0.15) is 12.7 Å². The maximum atomic E-state index is 13.9. The standard InChI is InChI=1S/C21H20FN5O3S/c1-14(19(28)26-12-11-23-20(26)29)31-21-25-24-18(27(21)15-7-3-2-4-8-15)13-30-17-10-6-5-9-16(17)22/h2-10,14H,11-13H2,1H3,(H,23,29). The van der Waals surface area contributed by atoms with E-state index in [0.29, 0.717) is 24.1 Å². The first-order chi connectivity index (χ1) is 15.0. The fourth-order valence-corrected chi connectivity index (χ4v) is 4.07. The Hall–Kier alpha value is -3.40. The van der Waals surface area contributed by atoms with Crippen LogP contribution in [0.25, 0.3) is 5.69 Å². The number of hydrogen-bond acceptors (Lipinski definition) is 6. The molecule has 2 aromatic carbocycles. The van der Waals surface area contributed by atoms with Gasteiger partial charge in [0.1, 0.15) is 6.61 Å². The fourth-order valence-electron chi connectivity index (χ4n) is 3.12. The molecule has 0 aliphatic carbocycles. The number of ether oxygens (including phenoxy) is 1. The molecular weight excluding hydrogens is 421 g/mol. The maximum Gasteiger partial charge on any atom is 0.324 e. The second-order valence-corrected chi connectivity index (χ2v) is 8.08. The number of hydrogen-bond donors (Lipinski definition) is 1. The van der Waals surface area contributed by atoms with Crippen LogP contribution in [0.5, 0.6) is 5.75 Å². The number of urea groups is 1. The van der Waals surface area contributed by atoms with Crippen LogP contribution in [-0.2, 0) is 11.4 Å². The Kier molecular flexibility index (Phi) is 6.17. The molecule has 31 heavy (non-hydrogen) atoms. The van der Waals surface area contributed by atoms with Crippen molar-refractivity contribution in [2.75, 3.05) is 13.1 Å². The van der Waals surface area contributed by atoms with Gasteiger partial charge in [0, 0.05) is 18.8 Å². The molecule has 1 saturated heterocycles. The molecule has 3 aromatic rings. The summed E-state index contributed by atoms with van der Waals surface area (Å²) in [4.78, 5) is 25.7. The number of nitrogens with one attached hydrogen (secondary N) is 1. The SMILES string of the molecule is CC(Sc1nnc(COc2ccccc2F)n1-c1ccccc1)C(=O)N1CCNC1=O. The highest BCUT2D eigenvalue weighted by atomic mass is 32.2. The number of carbonyl (C=O) groups excluding carboxylic acids is 2. The Morgan fingerprint density at radius 3 is 2.65 bits per heavy atom. The lowest BCUT2D eigenvalue weighted by atomic mass is 10.3. The summed E-state index contributed by atoms with van der Waals surface area (Å²) in [6.45, 7) is 2.49. The average Bonchev–Trinajstić information content (AvgIpc) is 3.39. The molecule has 0 radical (unpaired) electrons. The van der Waals surface area contributed by atoms with Crippen LogP contribution in [0.2, 0.25) is 0 Å². The third kappa shape index (κ3) is 4.53. The number of benzene rings is 2. The summed E-state index contributed by atoms with van der Waals surface area (Å²) in [7, 11) is 0. The minimum absolute atomic E-state index is 0.0136. The van der Waals surface area contributed by atoms with Gasteiger partial charge in [-0.15, -0.1) is 10.2 Å². The van der Waals surface area contributed by atoms with Gasteiger partial charge in [0.25, 0.3) is 0 Å². The van der Waals surface area contributed by atoms with Gasteiger partial charge in [0.05, 0.1) is 5.25 Å². The molecule has 8 nitrogen and oxygen atoms in total. The van der Waals surface area contributed by atoms with E-state index in [1.807, 2.05) is 30.3 Å². The highest BCUT2D eigenvalue weighted by Gasteiger charge is 2.31. The lowest BCUT2D eigenvalue weighted by Gasteiger charge is -2.17. The quantitative estimate of drug-likeness (QED) is 0.567. The van der Waals surface area contributed by atoms with Crippen LogP contribution in [0, 0.1) is 5.82 Å². The van der Waals surface area contributed by atoms with Gasteiger partial charge in [-0.2, -0.15) is 0 Å².